The van der Waals surface area contributed by atoms with Crippen molar-refractivity contribution < 1.29 is 19.1 Å². The maximum Gasteiger partial charge on any atom is 0.326 e. The van der Waals surface area contributed by atoms with Gasteiger partial charge in [-0.1, -0.05) is 43.8 Å². The van der Waals surface area contributed by atoms with Crippen LogP contribution in [0.2, 0.25) is 0 Å². The normalized spacial score (nSPS) is 24.7. The minimum Gasteiger partial charge on any atom is -0.468 e. The van der Waals surface area contributed by atoms with Gasteiger partial charge in [0.05, 0.1) is 13.5 Å². The number of methoxy groups -OCH3 is 1. The van der Waals surface area contributed by atoms with Crippen LogP contribution >= 0.6 is 0 Å². The lowest BCUT2D eigenvalue weighted by molar-refractivity contribution is -0.147. The summed E-state index contributed by atoms with van der Waals surface area (Å²) in [6.07, 6.45) is 4.44. The van der Waals surface area contributed by atoms with E-state index in [0.717, 1.165) is 19.3 Å². The maximum absolute atomic E-state index is 12.0. The fourth-order valence-electron chi connectivity index (χ4n) is 5.42. The molecule has 1 fully saturated rings. The van der Waals surface area contributed by atoms with Crippen LogP contribution in [-0.2, 0) is 44.8 Å². The van der Waals surface area contributed by atoms with E-state index in [-0.39, 0.29) is 31.5 Å². The third-order valence-electron chi connectivity index (χ3n) is 7.47. The van der Waals surface area contributed by atoms with Crippen LogP contribution in [0.3, 0.4) is 0 Å². The summed E-state index contributed by atoms with van der Waals surface area (Å²) in [5.74, 6) is -0.357. The van der Waals surface area contributed by atoms with Crippen LogP contribution in [0.4, 0.5) is 0 Å². The molecule has 2 aliphatic carbocycles. The number of nitrogens with two attached hydrogens (primary N) is 1. The average Bonchev–Trinajstić information content (AvgIpc) is 3.07. The molecular weight excluding hydrogens is 428 g/mol. The number of rotatable bonds is 1. The summed E-state index contributed by atoms with van der Waals surface area (Å²) in [7, 11) is 1.39. The lowest BCUT2D eigenvalue weighted by atomic mass is 9.75. The Labute approximate surface area is 202 Å². The van der Waals surface area contributed by atoms with E-state index in [9.17, 15) is 14.4 Å². The van der Waals surface area contributed by atoms with Crippen LogP contribution in [0.5, 0.6) is 0 Å². The molecule has 0 bridgehead atoms. The first-order valence-corrected chi connectivity index (χ1v) is 11.5. The maximum atomic E-state index is 12.0. The molecule has 1 saturated heterocycles. The van der Waals surface area contributed by atoms with Crippen LogP contribution in [0.15, 0.2) is 36.4 Å². The molecule has 2 unspecified atom stereocenters. The highest BCUT2D eigenvalue weighted by Gasteiger charge is 2.47. The summed E-state index contributed by atoms with van der Waals surface area (Å²) in [6.45, 7) is 4.13. The molecule has 2 aromatic carbocycles. The highest BCUT2D eigenvalue weighted by molar-refractivity contribution is 6.10. The van der Waals surface area contributed by atoms with Gasteiger partial charge in [-0.2, -0.15) is 0 Å². The third-order valence-corrected chi connectivity index (χ3v) is 7.47. The first kappa shape index (κ1) is 25.6. The van der Waals surface area contributed by atoms with Gasteiger partial charge in [-0.25, -0.2) is 0 Å². The van der Waals surface area contributed by atoms with Crippen molar-refractivity contribution in [2.45, 2.75) is 77.3 Å². The van der Waals surface area contributed by atoms with Gasteiger partial charge in [0.25, 0.3) is 0 Å². The van der Waals surface area contributed by atoms with Crippen LogP contribution in [0, 0.1) is 13.8 Å². The van der Waals surface area contributed by atoms with Crippen molar-refractivity contribution in [2.75, 3.05) is 7.11 Å². The van der Waals surface area contributed by atoms with Gasteiger partial charge in [-0.05, 0) is 72.9 Å². The topological polar surface area (TPSA) is 98.5 Å². The lowest BCUT2D eigenvalue weighted by Gasteiger charge is -2.34. The van der Waals surface area contributed by atoms with Gasteiger partial charge in [0.2, 0.25) is 5.91 Å². The van der Waals surface area contributed by atoms with E-state index in [1.54, 1.807) is 0 Å². The molecule has 0 aromatic heterocycles. The minimum absolute atomic E-state index is 0. The van der Waals surface area contributed by atoms with Crippen LogP contribution in [0.25, 0.3) is 0 Å². The molecule has 1 spiro atoms. The summed E-state index contributed by atoms with van der Waals surface area (Å²) >= 11 is 0. The Morgan fingerprint density at radius 2 is 1.50 bits per heavy atom. The van der Waals surface area contributed by atoms with Gasteiger partial charge in [0.1, 0.15) is 11.1 Å². The van der Waals surface area contributed by atoms with E-state index in [4.69, 9.17) is 10.5 Å². The number of nitrogens with one attached hydrogen (secondary N) is 1. The Morgan fingerprint density at radius 3 is 2.03 bits per heavy atom. The largest absolute Gasteiger partial charge is 0.468 e. The van der Waals surface area contributed by atoms with Gasteiger partial charge in [-0.3, -0.25) is 14.4 Å². The number of hydrogen-bond donors (Lipinski definition) is 2. The van der Waals surface area contributed by atoms with E-state index >= 15 is 0 Å². The second-order valence-electron chi connectivity index (χ2n) is 9.66. The van der Waals surface area contributed by atoms with E-state index in [1.807, 2.05) is 0 Å². The number of esters is 1. The summed E-state index contributed by atoms with van der Waals surface area (Å²) in [5, 5.41) is 2.90. The summed E-state index contributed by atoms with van der Waals surface area (Å²) < 4.78 is 4.78. The second-order valence-corrected chi connectivity index (χ2v) is 9.66. The quantitative estimate of drug-likeness (QED) is 0.498. The number of aryl methyl sites for hydroxylation is 4. The van der Waals surface area contributed by atoms with E-state index in [2.05, 4.69) is 55.6 Å². The molecule has 1 aliphatic heterocycles. The molecule has 2 aromatic rings. The summed E-state index contributed by atoms with van der Waals surface area (Å²) in [4.78, 5) is 35.1. The molecule has 2 atom stereocenters. The second kappa shape index (κ2) is 9.71. The SMILES string of the molecule is C.COC(=O)C1(N)CCc2cccc(C)c2C1.Cc1cccc2c1CC1(CC2)NC(=O)CC1=O. The molecule has 1 heterocycles. The number of carbonyl (C=O) groups excluding carboxylic acids is 3. The van der Waals surface area contributed by atoms with E-state index in [1.165, 1.54) is 40.5 Å². The standard InChI is InChI=1S/C14H15NO2.C13H17NO2.CH4/c1-9-3-2-4-10-5-6-14(8-11(9)10)12(16)7-13(17)15-14;1-9-4-3-5-10-6-7-13(14,8-11(9)10)12(15)16-2;/h2-4H,5-8H2,1H3,(H,15,17);3-5H,6-8,14H2,1-2H3;1H4. The number of amides is 1. The Morgan fingerprint density at radius 1 is 0.941 bits per heavy atom. The van der Waals surface area contributed by atoms with E-state index < -0.39 is 11.1 Å². The number of Topliss-reactive ketones (excluding diaryl/α,β-unsaturated/α-hetero) is 1. The number of ketones is 1. The first-order valence-electron chi connectivity index (χ1n) is 11.5. The zero-order valence-electron chi connectivity index (χ0n) is 19.6. The Bertz CT molecular complexity index is 1130. The van der Waals surface area contributed by atoms with Crippen molar-refractivity contribution in [3.63, 3.8) is 0 Å². The van der Waals surface area contributed by atoms with Crippen LogP contribution in [-0.4, -0.2) is 35.8 Å². The summed E-state index contributed by atoms with van der Waals surface area (Å²) in [6, 6.07) is 12.5. The van der Waals surface area contributed by atoms with Crippen LogP contribution in [0.1, 0.15) is 60.1 Å². The molecule has 0 saturated carbocycles. The number of hydrogen-bond acceptors (Lipinski definition) is 5. The molecule has 1 amide bonds. The zero-order chi connectivity index (χ0) is 23.8. The van der Waals surface area contributed by atoms with Crippen molar-refractivity contribution in [1.29, 1.82) is 0 Å². The Balaban J connectivity index is 0.000000186. The highest BCUT2D eigenvalue weighted by Crippen LogP contribution is 2.34. The molecule has 3 aliphatic rings. The zero-order valence-corrected chi connectivity index (χ0v) is 19.6. The Kier molecular flexibility index (Phi) is 7.32. The molecule has 6 nitrogen and oxygen atoms in total. The molecule has 34 heavy (non-hydrogen) atoms. The van der Waals surface area contributed by atoms with Gasteiger partial charge in [0.15, 0.2) is 5.78 Å². The average molecular weight is 465 g/mol. The fraction of sp³-hybridized carbons (Fsp3) is 0.464. The van der Waals surface area contributed by atoms with Crippen LogP contribution < -0.4 is 11.1 Å². The number of fused-ring (bicyclic) bond motifs is 2. The van der Waals surface area contributed by atoms with Crippen molar-refractivity contribution in [1.82, 2.24) is 5.32 Å². The van der Waals surface area contributed by atoms with Gasteiger partial charge in [0, 0.05) is 12.8 Å². The lowest BCUT2D eigenvalue weighted by Crippen LogP contribution is -2.52. The fourth-order valence-corrected chi connectivity index (χ4v) is 5.42. The van der Waals surface area contributed by atoms with Crippen molar-refractivity contribution in [2.24, 2.45) is 5.73 Å². The highest BCUT2D eigenvalue weighted by atomic mass is 16.5. The number of ether oxygens (including phenoxy) is 1. The number of benzene rings is 2. The first-order chi connectivity index (χ1) is 15.7. The third kappa shape index (κ3) is 4.64. The van der Waals surface area contributed by atoms with Gasteiger partial charge >= 0.3 is 5.97 Å². The summed E-state index contributed by atoms with van der Waals surface area (Å²) in [5.41, 5.74) is 12.2. The monoisotopic (exact) mass is 464 g/mol. The Hall–Kier alpha value is -2.99. The predicted molar refractivity (Wildman–Crippen MR) is 133 cm³/mol. The molecule has 0 radical (unpaired) electrons. The van der Waals surface area contributed by atoms with Crippen molar-refractivity contribution in [3.05, 3.63) is 69.8 Å². The van der Waals surface area contributed by atoms with E-state index in [0.29, 0.717) is 19.3 Å². The van der Waals surface area contributed by atoms with Gasteiger partial charge < -0.3 is 15.8 Å². The van der Waals surface area contributed by atoms with Crippen molar-refractivity contribution >= 4 is 17.7 Å². The molecule has 182 valence electrons. The van der Waals surface area contributed by atoms with Gasteiger partial charge in [-0.15, -0.1) is 0 Å². The minimum atomic E-state index is -0.839. The molecule has 6 heteroatoms. The number of carbonyl (C=O) groups is 3. The molecule has 3 N–H and O–H groups in total. The predicted octanol–water partition coefficient (Wildman–Crippen LogP) is 3.30. The smallest absolute Gasteiger partial charge is 0.326 e. The molecular formula is C28H36N2O4. The molecule has 5 rings (SSSR count). The van der Waals surface area contributed by atoms with Crippen molar-refractivity contribution in [3.8, 4) is 0 Å².